The fourth-order valence-corrected chi connectivity index (χ4v) is 2.11. The summed E-state index contributed by atoms with van der Waals surface area (Å²) >= 11 is 0. The quantitative estimate of drug-likeness (QED) is 0.433. The molecule has 1 fully saturated rings. The lowest BCUT2D eigenvalue weighted by atomic mass is 9.99. The third-order valence-corrected chi connectivity index (χ3v) is 3.45. The Morgan fingerprint density at radius 2 is 1.74 bits per heavy atom. The highest BCUT2D eigenvalue weighted by Crippen LogP contribution is 2.22. The topological polar surface area (TPSA) is 103 Å². The van der Waals surface area contributed by atoms with Crippen LogP contribution < -0.4 is 0 Å². The molecule has 0 aromatic carbocycles. The summed E-state index contributed by atoms with van der Waals surface area (Å²) in [5.74, 6) is 0. The number of nitrogens with zero attached hydrogens (tertiary/aromatic N) is 1. The van der Waals surface area contributed by atoms with Gasteiger partial charge in [0.05, 0.1) is 13.2 Å². The van der Waals surface area contributed by atoms with E-state index in [9.17, 15) is 15.3 Å². The molecule has 19 heavy (non-hydrogen) atoms. The van der Waals surface area contributed by atoms with E-state index in [4.69, 9.17) is 14.6 Å². The zero-order valence-corrected chi connectivity index (χ0v) is 11.5. The second-order valence-corrected chi connectivity index (χ2v) is 4.59. The van der Waals surface area contributed by atoms with E-state index in [-0.39, 0.29) is 0 Å². The molecule has 1 saturated heterocycles. The van der Waals surface area contributed by atoms with E-state index in [1.807, 2.05) is 13.8 Å². The first-order chi connectivity index (χ1) is 9.04. The monoisotopic (exact) mass is 279 g/mol. The van der Waals surface area contributed by atoms with Crippen molar-refractivity contribution in [2.24, 2.45) is 0 Å². The first-order valence-electron chi connectivity index (χ1n) is 6.69. The van der Waals surface area contributed by atoms with E-state index >= 15 is 0 Å². The lowest BCUT2D eigenvalue weighted by molar-refractivity contribution is -0.296. The molecule has 4 N–H and O–H groups in total. The predicted molar refractivity (Wildman–Crippen MR) is 67.5 cm³/mol. The van der Waals surface area contributed by atoms with Crippen LogP contribution in [0.5, 0.6) is 0 Å². The molecule has 0 radical (unpaired) electrons. The van der Waals surface area contributed by atoms with Crippen LogP contribution in [-0.4, -0.2) is 88.9 Å². The molecular weight excluding hydrogens is 254 g/mol. The van der Waals surface area contributed by atoms with Crippen LogP contribution in [0.2, 0.25) is 0 Å². The van der Waals surface area contributed by atoms with Gasteiger partial charge in [0, 0.05) is 6.54 Å². The molecule has 7 heteroatoms. The van der Waals surface area contributed by atoms with Gasteiger partial charge in [0.2, 0.25) is 0 Å². The van der Waals surface area contributed by atoms with Crippen molar-refractivity contribution >= 4 is 0 Å². The summed E-state index contributed by atoms with van der Waals surface area (Å²) in [7, 11) is 0. The minimum absolute atomic E-state index is 0.320. The number of rotatable bonds is 7. The molecule has 0 aromatic heterocycles. The van der Waals surface area contributed by atoms with Gasteiger partial charge in [0.25, 0.3) is 0 Å². The molecular formula is C12H25NO6. The Bertz CT molecular complexity index is 250. The van der Waals surface area contributed by atoms with Gasteiger partial charge in [0.15, 0.2) is 6.29 Å². The molecule has 0 unspecified atom stereocenters. The van der Waals surface area contributed by atoms with Gasteiger partial charge in [-0.1, -0.05) is 13.8 Å². The van der Waals surface area contributed by atoms with Crippen molar-refractivity contribution in [2.75, 3.05) is 32.8 Å². The van der Waals surface area contributed by atoms with Gasteiger partial charge >= 0.3 is 0 Å². The van der Waals surface area contributed by atoms with E-state index in [0.29, 0.717) is 13.2 Å². The van der Waals surface area contributed by atoms with Crippen LogP contribution in [0, 0.1) is 0 Å². The Morgan fingerprint density at radius 1 is 1.11 bits per heavy atom. The molecule has 7 nitrogen and oxygen atoms in total. The number of hydrogen-bond donors (Lipinski definition) is 4. The van der Waals surface area contributed by atoms with Gasteiger partial charge in [-0.2, -0.15) is 0 Å². The molecule has 1 heterocycles. The normalized spacial score (nSPS) is 35.8. The van der Waals surface area contributed by atoms with Crippen molar-refractivity contribution in [1.82, 2.24) is 4.90 Å². The minimum Gasteiger partial charge on any atom is -0.394 e. The maximum Gasteiger partial charge on any atom is 0.184 e. The van der Waals surface area contributed by atoms with Crippen LogP contribution in [0.4, 0.5) is 0 Å². The number of likely N-dealkylation sites (N-methyl/N-ethyl adjacent to an activating group) is 1. The average Bonchev–Trinajstić information content (AvgIpc) is 2.42. The molecule has 0 aliphatic carbocycles. The maximum atomic E-state index is 9.85. The fourth-order valence-electron chi connectivity index (χ4n) is 2.11. The van der Waals surface area contributed by atoms with E-state index in [2.05, 4.69) is 4.90 Å². The van der Waals surface area contributed by atoms with Gasteiger partial charge < -0.3 is 34.8 Å². The van der Waals surface area contributed by atoms with Gasteiger partial charge in [-0.3, -0.25) is 0 Å². The van der Waals surface area contributed by atoms with Crippen LogP contribution in [0.15, 0.2) is 0 Å². The lowest BCUT2D eigenvalue weighted by Crippen LogP contribution is -2.59. The second-order valence-electron chi connectivity index (χ2n) is 4.59. The van der Waals surface area contributed by atoms with E-state index in [1.54, 1.807) is 0 Å². The van der Waals surface area contributed by atoms with Crippen molar-refractivity contribution < 1.29 is 29.9 Å². The third-order valence-electron chi connectivity index (χ3n) is 3.45. The van der Waals surface area contributed by atoms with Crippen molar-refractivity contribution in [3.63, 3.8) is 0 Å². The summed E-state index contributed by atoms with van der Waals surface area (Å²) in [6, 6.07) is 0. The van der Waals surface area contributed by atoms with Crippen molar-refractivity contribution in [1.29, 1.82) is 0 Å². The average molecular weight is 279 g/mol. The molecule has 0 bridgehead atoms. The Balaban J connectivity index is 2.44. The molecule has 0 amide bonds. The lowest BCUT2D eigenvalue weighted by Gasteiger charge is -2.40. The molecule has 1 rings (SSSR count). The highest BCUT2D eigenvalue weighted by Gasteiger charge is 2.44. The van der Waals surface area contributed by atoms with Crippen molar-refractivity contribution in [3.8, 4) is 0 Å². The van der Waals surface area contributed by atoms with Crippen LogP contribution >= 0.6 is 0 Å². The molecule has 0 spiro atoms. The Kier molecular flexibility index (Phi) is 7.16. The summed E-state index contributed by atoms with van der Waals surface area (Å²) < 4.78 is 10.4. The predicted octanol–water partition coefficient (Wildman–Crippen LogP) is -1.86. The van der Waals surface area contributed by atoms with Gasteiger partial charge in [-0.15, -0.1) is 0 Å². The van der Waals surface area contributed by atoms with E-state index in [1.165, 1.54) is 0 Å². The highest BCUT2D eigenvalue weighted by molar-refractivity contribution is 4.89. The molecule has 1 aliphatic heterocycles. The van der Waals surface area contributed by atoms with E-state index in [0.717, 1.165) is 13.1 Å². The van der Waals surface area contributed by atoms with Gasteiger partial charge in [0.1, 0.15) is 24.4 Å². The number of aliphatic hydroxyl groups is 4. The van der Waals surface area contributed by atoms with Crippen LogP contribution in [0.25, 0.3) is 0 Å². The Labute approximate surface area is 113 Å². The van der Waals surface area contributed by atoms with Crippen LogP contribution in [0.1, 0.15) is 13.8 Å². The molecule has 5 atom stereocenters. The third kappa shape index (κ3) is 4.35. The Hall–Kier alpha value is -0.280. The molecule has 1 aliphatic rings. The van der Waals surface area contributed by atoms with Gasteiger partial charge in [-0.25, -0.2) is 0 Å². The standard InChI is InChI=1S/C12H25NO6/c1-3-13(4-2)5-6-18-11-10(16)9(15)8(7-14)19-12(11)17/h8-12,14-17H,3-7H2,1-2H3/t8-,9-,10+,11-,12+/m1/s1. The Morgan fingerprint density at radius 3 is 2.26 bits per heavy atom. The summed E-state index contributed by atoms with van der Waals surface area (Å²) in [4.78, 5) is 2.13. The summed E-state index contributed by atoms with van der Waals surface area (Å²) in [6.45, 7) is 6.37. The molecule has 0 aromatic rings. The highest BCUT2D eigenvalue weighted by atomic mass is 16.7. The SMILES string of the molecule is CCN(CC)CCO[C@@H]1[C@@H](O)[C@H](O)[C@@H](CO)O[C@@H]1O. The summed E-state index contributed by atoms with van der Waals surface area (Å²) in [5, 5.41) is 38.2. The van der Waals surface area contributed by atoms with Crippen LogP contribution in [0.3, 0.4) is 0 Å². The minimum atomic E-state index is -1.35. The number of hydrogen-bond acceptors (Lipinski definition) is 7. The second kappa shape index (κ2) is 8.11. The fraction of sp³-hybridized carbons (Fsp3) is 1.00. The smallest absolute Gasteiger partial charge is 0.184 e. The summed E-state index contributed by atoms with van der Waals surface area (Å²) in [5.41, 5.74) is 0. The zero-order valence-electron chi connectivity index (χ0n) is 11.5. The largest absolute Gasteiger partial charge is 0.394 e. The first kappa shape index (κ1) is 16.8. The van der Waals surface area contributed by atoms with Crippen molar-refractivity contribution in [3.05, 3.63) is 0 Å². The van der Waals surface area contributed by atoms with Gasteiger partial charge in [-0.05, 0) is 13.1 Å². The van der Waals surface area contributed by atoms with Crippen LogP contribution in [-0.2, 0) is 9.47 Å². The van der Waals surface area contributed by atoms with E-state index < -0.39 is 37.3 Å². The first-order valence-corrected chi connectivity index (χ1v) is 6.69. The number of ether oxygens (including phenoxy) is 2. The maximum absolute atomic E-state index is 9.85. The summed E-state index contributed by atoms with van der Waals surface area (Å²) in [6.07, 6.45) is -5.90. The molecule has 114 valence electrons. The van der Waals surface area contributed by atoms with Crippen molar-refractivity contribution in [2.45, 2.75) is 44.6 Å². The molecule has 0 saturated carbocycles. The number of aliphatic hydroxyl groups excluding tert-OH is 4. The zero-order chi connectivity index (χ0) is 14.4.